The highest BCUT2D eigenvalue weighted by molar-refractivity contribution is 9.10. The lowest BCUT2D eigenvalue weighted by atomic mass is 10.2. The van der Waals surface area contributed by atoms with Crippen LogP contribution in [-0.4, -0.2) is 8.42 Å². The van der Waals surface area contributed by atoms with Crippen LogP contribution in [0, 0.1) is 12.7 Å². The molecule has 0 aliphatic heterocycles. The van der Waals surface area contributed by atoms with Crippen LogP contribution in [0.15, 0.2) is 45.8 Å². The van der Waals surface area contributed by atoms with Crippen molar-refractivity contribution in [1.82, 2.24) is 0 Å². The number of anilines is 1. The smallest absolute Gasteiger partial charge is 0.263 e. The Kier molecular flexibility index (Phi) is 4.36. The molecule has 0 aromatic heterocycles. The fraction of sp³-hybridized carbons (Fsp3) is 0.0769. The molecule has 1 N–H and O–H groups in total. The summed E-state index contributed by atoms with van der Waals surface area (Å²) in [6, 6.07) is 8.19. The summed E-state index contributed by atoms with van der Waals surface area (Å²) >= 11 is 9.12. The number of hydrogen-bond donors (Lipinski definition) is 1. The summed E-state index contributed by atoms with van der Waals surface area (Å²) in [7, 11) is -3.94. The Morgan fingerprint density at radius 3 is 2.55 bits per heavy atom. The molecule has 0 radical (unpaired) electrons. The number of halogens is 3. The molecule has 0 amide bonds. The molecule has 0 fully saturated rings. The number of sulfonamides is 1. The lowest BCUT2D eigenvalue weighted by molar-refractivity contribution is 0.595. The highest BCUT2D eigenvalue weighted by Crippen LogP contribution is 2.26. The highest BCUT2D eigenvalue weighted by Gasteiger charge is 2.19. The SMILES string of the molecule is Cc1ccc(NS(=O)(=O)c2cc(F)ccc2Cl)cc1Br. The second-order valence-corrected chi connectivity index (χ2v) is 7.06. The monoisotopic (exact) mass is 377 g/mol. The highest BCUT2D eigenvalue weighted by atomic mass is 79.9. The Labute approximate surface area is 130 Å². The third-order valence-corrected chi connectivity index (χ3v) is 5.32. The van der Waals surface area contributed by atoms with E-state index in [1.54, 1.807) is 18.2 Å². The molecule has 2 aromatic carbocycles. The van der Waals surface area contributed by atoms with Crippen LogP contribution in [0.1, 0.15) is 5.56 Å². The third kappa shape index (κ3) is 3.31. The molecule has 0 bridgehead atoms. The molecule has 0 heterocycles. The summed E-state index contributed by atoms with van der Waals surface area (Å²) in [5.74, 6) is -0.667. The van der Waals surface area contributed by atoms with Crippen molar-refractivity contribution in [2.45, 2.75) is 11.8 Å². The van der Waals surface area contributed by atoms with Crippen molar-refractivity contribution in [1.29, 1.82) is 0 Å². The van der Waals surface area contributed by atoms with Gasteiger partial charge in [0.15, 0.2) is 0 Å². The third-order valence-electron chi connectivity index (χ3n) is 2.61. The number of nitrogens with one attached hydrogen (secondary N) is 1. The molecule has 2 rings (SSSR count). The lowest BCUT2D eigenvalue weighted by Gasteiger charge is -2.10. The number of rotatable bonds is 3. The minimum absolute atomic E-state index is 0.0370. The topological polar surface area (TPSA) is 46.2 Å². The van der Waals surface area contributed by atoms with Gasteiger partial charge in [-0.15, -0.1) is 0 Å². The van der Waals surface area contributed by atoms with E-state index in [0.717, 1.165) is 22.2 Å². The molecule has 0 spiro atoms. The first-order valence-corrected chi connectivity index (χ1v) is 8.19. The van der Waals surface area contributed by atoms with Gasteiger partial charge in [0.25, 0.3) is 10.0 Å². The van der Waals surface area contributed by atoms with Gasteiger partial charge in [0.05, 0.1) is 5.02 Å². The Hall–Kier alpha value is -1.11. The molecule has 0 atom stereocenters. The minimum Gasteiger partial charge on any atom is -0.280 e. The van der Waals surface area contributed by atoms with Gasteiger partial charge in [-0.1, -0.05) is 33.6 Å². The molecular formula is C13H10BrClFNO2S. The summed E-state index contributed by atoms with van der Waals surface area (Å²) in [6.45, 7) is 1.88. The van der Waals surface area contributed by atoms with E-state index in [9.17, 15) is 12.8 Å². The second-order valence-electron chi connectivity index (χ2n) is 4.14. The van der Waals surface area contributed by atoms with Crippen molar-refractivity contribution < 1.29 is 12.8 Å². The zero-order valence-corrected chi connectivity index (χ0v) is 13.5. The van der Waals surface area contributed by atoms with Crippen molar-refractivity contribution in [3.8, 4) is 0 Å². The van der Waals surface area contributed by atoms with Crippen molar-refractivity contribution in [2.24, 2.45) is 0 Å². The summed E-state index contributed by atoms with van der Waals surface area (Å²) < 4.78 is 40.7. The molecule has 0 aliphatic rings. The first-order valence-electron chi connectivity index (χ1n) is 5.53. The van der Waals surface area contributed by atoms with Crippen LogP contribution in [0.3, 0.4) is 0 Å². The average molecular weight is 379 g/mol. The molecule has 20 heavy (non-hydrogen) atoms. The lowest BCUT2D eigenvalue weighted by Crippen LogP contribution is -2.13. The molecule has 2 aromatic rings. The van der Waals surface area contributed by atoms with Crippen molar-refractivity contribution >= 4 is 43.2 Å². The predicted octanol–water partition coefficient (Wildman–Crippen LogP) is 4.35. The maximum absolute atomic E-state index is 13.2. The fourth-order valence-corrected chi connectivity index (χ4v) is 3.49. The summed E-state index contributed by atoms with van der Waals surface area (Å²) in [4.78, 5) is -0.295. The van der Waals surface area contributed by atoms with Gasteiger partial charge in [-0.2, -0.15) is 0 Å². The standard InChI is InChI=1S/C13H10BrClFNO2S/c1-8-2-4-10(7-11(8)14)17-20(18,19)13-6-9(16)3-5-12(13)15/h2-7,17H,1H3. The van der Waals surface area contributed by atoms with Crippen LogP contribution in [0.25, 0.3) is 0 Å². The quantitative estimate of drug-likeness (QED) is 0.863. The first-order chi connectivity index (χ1) is 9.29. The van der Waals surface area contributed by atoms with E-state index >= 15 is 0 Å². The molecule has 0 saturated heterocycles. The van der Waals surface area contributed by atoms with Crippen LogP contribution in [0.2, 0.25) is 5.02 Å². The van der Waals surface area contributed by atoms with Gasteiger partial charge < -0.3 is 0 Å². The van der Waals surface area contributed by atoms with Gasteiger partial charge in [0.1, 0.15) is 10.7 Å². The largest absolute Gasteiger partial charge is 0.280 e. The van der Waals surface area contributed by atoms with E-state index < -0.39 is 15.8 Å². The van der Waals surface area contributed by atoms with Gasteiger partial charge in [-0.25, -0.2) is 12.8 Å². The van der Waals surface area contributed by atoms with E-state index in [2.05, 4.69) is 20.7 Å². The molecular weight excluding hydrogens is 369 g/mol. The zero-order chi connectivity index (χ0) is 14.9. The van der Waals surface area contributed by atoms with Gasteiger partial charge in [0, 0.05) is 10.2 Å². The van der Waals surface area contributed by atoms with Crippen LogP contribution >= 0.6 is 27.5 Å². The van der Waals surface area contributed by atoms with E-state index in [0.29, 0.717) is 5.69 Å². The van der Waals surface area contributed by atoms with Crippen LogP contribution in [0.4, 0.5) is 10.1 Å². The molecule has 106 valence electrons. The molecule has 0 aliphatic carbocycles. The van der Waals surface area contributed by atoms with Gasteiger partial charge in [-0.3, -0.25) is 4.72 Å². The second kappa shape index (κ2) is 5.71. The Morgan fingerprint density at radius 2 is 1.90 bits per heavy atom. The van der Waals surface area contributed by atoms with E-state index in [1.807, 2.05) is 6.92 Å². The van der Waals surface area contributed by atoms with Crippen LogP contribution in [0.5, 0.6) is 0 Å². The Bertz CT molecular complexity index is 765. The Balaban J connectivity index is 2.40. The average Bonchev–Trinajstić information content (AvgIpc) is 2.36. The van der Waals surface area contributed by atoms with Crippen LogP contribution < -0.4 is 4.72 Å². The molecule has 7 heteroatoms. The number of benzene rings is 2. The van der Waals surface area contributed by atoms with Crippen molar-refractivity contribution in [3.63, 3.8) is 0 Å². The van der Waals surface area contributed by atoms with Gasteiger partial charge in [0.2, 0.25) is 0 Å². The fourth-order valence-electron chi connectivity index (χ4n) is 1.55. The molecule has 3 nitrogen and oxygen atoms in total. The molecule has 0 unspecified atom stereocenters. The Morgan fingerprint density at radius 1 is 1.20 bits per heavy atom. The van der Waals surface area contributed by atoms with E-state index in [4.69, 9.17) is 11.6 Å². The van der Waals surface area contributed by atoms with Crippen molar-refractivity contribution in [3.05, 3.63) is 57.3 Å². The van der Waals surface area contributed by atoms with E-state index in [1.165, 1.54) is 6.07 Å². The molecule has 0 saturated carbocycles. The normalized spacial score (nSPS) is 11.4. The van der Waals surface area contributed by atoms with Crippen LogP contribution in [-0.2, 0) is 10.0 Å². The maximum Gasteiger partial charge on any atom is 0.263 e. The van der Waals surface area contributed by atoms with Crippen molar-refractivity contribution in [2.75, 3.05) is 4.72 Å². The predicted molar refractivity (Wildman–Crippen MR) is 81.1 cm³/mol. The summed E-state index contributed by atoms with van der Waals surface area (Å²) in [5.41, 5.74) is 1.33. The van der Waals surface area contributed by atoms with Gasteiger partial charge >= 0.3 is 0 Å². The summed E-state index contributed by atoms with van der Waals surface area (Å²) in [6.07, 6.45) is 0. The minimum atomic E-state index is -3.94. The van der Waals surface area contributed by atoms with E-state index in [-0.39, 0.29) is 9.92 Å². The van der Waals surface area contributed by atoms with Gasteiger partial charge in [-0.05, 0) is 42.8 Å². The first kappa shape index (κ1) is 15.3. The maximum atomic E-state index is 13.2. The summed E-state index contributed by atoms with van der Waals surface area (Å²) in [5, 5.41) is -0.0370. The number of aryl methyl sites for hydroxylation is 1. The zero-order valence-electron chi connectivity index (χ0n) is 10.3. The number of hydrogen-bond acceptors (Lipinski definition) is 2.